The first kappa shape index (κ1) is 15.9. The van der Waals surface area contributed by atoms with Crippen molar-refractivity contribution in [1.82, 2.24) is 4.98 Å². The lowest BCUT2D eigenvalue weighted by atomic mass is 10.0. The molecule has 0 saturated carbocycles. The highest BCUT2D eigenvalue weighted by Crippen LogP contribution is 2.23. The van der Waals surface area contributed by atoms with E-state index in [4.69, 9.17) is 15.2 Å². The van der Waals surface area contributed by atoms with Gasteiger partial charge in [-0.3, -0.25) is 0 Å². The van der Waals surface area contributed by atoms with Gasteiger partial charge >= 0.3 is 0 Å². The highest BCUT2D eigenvalue weighted by Gasteiger charge is 2.10. The Morgan fingerprint density at radius 1 is 1.29 bits per heavy atom. The second-order valence-corrected chi connectivity index (χ2v) is 6.30. The first-order valence-electron chi connectivity index (χ1n) is 7.03. The zero-order valence-corrected chi connectivity index (χ0v) is 13.6. The Kier molecular flexibility index (Phi) is 5.73. The van der Waals surface area contributed by atoms with E-state index >= 15 is 0 Å². The molecular formula is C16H22N2O2S. The summed E-state index contributed by atoms with van der Waals surface area (Å²) in [7, 11) is 1.66. The molecule has 0 atom stereocenters. The molecular weight excluding hydrogens is 284 g/mol. The zero-order valence-electron chi connectivity index (χ0n) is 12.8. The molecule has 0 spiro atoms. The van der Waals surface area contributed by atoms with Gasteiger partial charge in [-0.2, -0.15) is 0 Å². The van der Waals surface area contributed by atoms with Gasteiger partial charge in [0.05, 0.1) is 12.3 Å². The standard InChI is InChI=1S/C16H22N2O2S/c1-11(2)12-5-4-6-13(7-12)20-10-16-18-14(9-19-3)15(8-17)21-16/h4-7,11H,8-10,17H2,1-3H3. The van der Waals surface area contributed by atoms with Crippen LogP contribution in [0.1, 0.15) is 40.9 Å². The zero-order chi connectivity index (χ0) is 15.2. The van der Waals surface area contributed by atoms with E-state index in [1.54, 1.807) is 18.4 Å². The Labute approximate surface area is 129 Å². The largest absolute Gasteiger partial charge is 0.486 e. The van der Waals surface area contributed by atoms with Crippen molar-refractivity contribution >= 4 is 11.3 Å². The molecule has 2 rings (SSSR count). The minimum absolute atomic E-state index is 0.461. The van der Waals surface area contributed by atoms with E-state index in [0.29, 0.717) is 25.7 Å². The molecule has 21 heavy (non-hydrogen) atoms. The predicted octanol–water partition coefficient (Wildman–Crippen LogP) is 3.45. The lowest BCUT2D eigenvalue weighted by Crippen LogP contribution is -1.99. The van der Waals surface area contributed by atoms with E-state index in [1.165, 1.54) is 5.56 Å². The topological polar surface area (TPSA) is 57.4 Å². The van der Waals surface area contributed by atoms with Crippen molar-refractivity contribution in [3.63, 3.8) is 0 Å². The fraction of sp³-hybridized carbons (Fsp3) is 0.438. The second kappa shape index (κ2) is 7.54. The van der Waals surface area contributed by atoms with Crippen LogP contribution < -0.4 is 10.5 Å². The molecule has 1 heterocycles. The third-order valence-corrected chi connectivity index (χ3v) is 4.27. The van der Waals surface area contributed by atoms with Crippen molar-refractivity contribution in [2.45, 2.75) is 39.5 Å². The maximum absolute atomic E-state index is 5.84. The Morgan fingerprint density at radius 2 is 2.10 bits per heavy atom. The molecule has 0 unspecified atom stereocenters. The number of ether oxygens (including phenoxy) is 2. The maximum Gasteiger partial charge on any atom is 0.140 e. The highest BCUT2D eigenvalue weighted by atomic mass is 32.1. The van der Waals surface area contributed by atoms with Crippen LogP contribution >= 0.6 is 11.3 Å². The van der Waals surface area contributed by atoms with Gasteiger partial charge in [0, 0.05) is 18.5 Å². The monoisotopic (exact) mass is 306 g/mol. The van der Waals surface area contributed by atoms with Gasteiger partial charge in [0.2, 0.25) is 0 Å². The van der Waals surface area contributed by atoms with Crippen molar-refractivity contribution in [3.8, 4) is 5.75 Å². The van der Waals surface area contributed by atoms with Gasteiger partial charge in [0.25, 0.3) is 0 Å². The maximum atomic E-state index is 5.84. The third kappa shape index (κ3) is 4.27. The third-order valence-electron chi connectivity index (χ3n) is 3.18. The summed E-state index contributed by atoms with van der Waals surface area (Å²) in [5.41, 5.74) is 7.92. The molecule has 0 saturated heterocycles. The number of methoxy groups -OCH3 is 1. The molecule has 1 aromatic heterocycles. The number of hydrogen-bond acceptors (Lipinski definition) is 5. The number of nitrogens with two attached hydrogens (primary N) is 1. The van der Waals surface area contributed by atoms with E-state index < -0.39 is 0 Å². The van der Waals surface area contributed by atoms with E-state index in [0.717, 1.165) is 21.3 Å². The molecule has 0 amide bonds. The van der Waals surface area contributed by atoms with Gasteiger partial charge in [0.15, 0.2) is 0 Å². The number of nitrogens with zero attached hydrogens (tertiary/aromatic N) is 1. The van der Waals surface area contributed by atoms with Gasteiger partial charge < -0.3 is 15.2 Å². The average Bonchev–Trinajstić information content (AvgIpc) is 2.88. The molecule has 0 radical (unpaired) electrons. The van der Waals surface area contributed by atoms with Crippen LogP contribution in [0.5, 0.6) is 5.75 Å². The van der Waals surface area contributed by atoms with Gasteiger partial charge in [-0.15, -0.1) is 11.3 Å². The Balaban J connectivity index is 2.04. The van der Waals surface area contributed by atoms with Crippen LogP contribution in [0.25, 0.3) is 0 Å². The lowest BCUT2D eigenvalue weighted by molar-refractivity contribution is 0.181. The van der Waals surface area contributed by atoms with Crippen LogP contribution in [-0.2, 0) is 24.5 Å². The number of aromatic nitrogens is 1. The van der Waals surface area contributed by atoms with Crippen molar-refractivity contribution in [2.24, 2.45) is 5.73 Å². The molecule has 4 nitrogen and oxygen atoms in total. The number of hydrogen-bond donors (Lipinski definition) is 1. The van der Waals surface area contributed by atoms with Crippen molar-refractivity contribution in [3.05, 3.63) is 45.4 Å². The molecule has 5 heteroatoms. The summed E-state index contributed by atoms with van der Waals surface area (Å²) in [6, 6.07) is 8.19. The molecule has 0 aliphatic rings. The SMILES string of the molecule is COCc1nc(COc2cccc(C(C)C)c2)sc1CN. The lowest BCUT2D eigenvalue weighted by Gasteiger charge is -2.08. The van der Waals surface area contributed by atoms with E-state index in [9.17, 15) is 0 Å². The molecule has 1 aromatic carbocycles. The summed E-state index contributed by atoms with van der Waals surface area (Å²) in [4.78, 5) is 5.59. The van der Waals surface area contributed by atoms with E-state index in [-0.39, 0.29) is 0 Å². The van der Waals surface area contributed by atoms with Crippen molar-refractivity contribution < 1.29 is 9.47 Å². The molecule has 0 bridgehead atoms. The summed E-state index contributed by atoms with van der Waals surface area (Å²) in [5, 5.41) is 0.928. The van der Waals surface area contributed by atoms with Crippen LogP contribution in [0.4, 0.5) is 0 Å². The number of rotatable bonds is 7. The quantitative estimate of drug-likeness (QED) is 0.851. The van der Waals surface area contributed by atoms with Crippen LogP contribution in [-0.4, -0.2) is 12.1 Å². The predicted molar refractivity (Wildman–Crippen MR) is 85.6 cm³/mol. The van der Waals surface area contributed by atoms with E-state index in [1.807, 2.05) is 12.1 Å². The fourth-order valence-corrected chi connectivity index (χ4v) is 2.88. The number of benzene rings is 1. The normalized spacial score (nSPS) is 11.1. The Bertz CT molecular complexity index is 581. The van der Waals surface area contributed by atoms with Crippen molar-refractivity contribution in [1.29, 1.82) is 0 Å². The van der Waals surface area contributed by atoms with Gasteiger partial charge in [-0.05, 0) is 23.6 Å². The average molecular weight is 306 g/mol. The van der Waals surface area contributed by atoms with Gasteiger partial charge in [-0.25, -0.2) is 4.98 Å². The fourth-order valence-electron chi connectivity index (χ4n) is 2.02. The van der Waals surface area contributed by atoms with Crippen LogP contribution in [0.3, 0.4) is 0 Å². The molecule has 0 aliphatic carbocycles. The minimum atomic E-state index is 0.461. The van der Waals surface area contributed by atoms with Crippen LogP contribution in [0.15, 0.2) is 24.3 Å². The second-order valence-electron chi connectivity index (χ2n) is 5.13. The van der Waals surface area contributed by atoms with Crippen molar-refractivity contribution in [2.75, 3.05) is 7.11 Å². The van der Waals surface area contributed by atoms with Crippen LogP contribution in [0.2, 0.25) is 0 Å². The Morgan fingerprint density at radius 3 is 2.76 bits per heavy atom. The molecule has 2 N–H and O–H groups in total. The highest BCUT2D eigenvalue weighted by molar-refractivity contribution is 7.11. The first-order valence-corrected chi connectivity index (χ1v) is 7.85. The molecule has 2 aromatic rings. The van der Waals surface area contributed by atoms with Gasteiger partial charge in [0.1, 0.15) is 17.4 Å². The first-order chi connectivity index (χ1) is 10.1. The summed E-state index contributed by atoms with van der Waals surface area (Å²) in [6.07, 6.45) is 0. The van der Waals surface area contributed by atoms with Crippen LogP contribution in [0, 0.1) is 0 Å². The smallest absolute Gasteiger partial charge is 0.140 e. The summed E-state index contributed by atoms with van der Waals surface area (Å²) >= 11 is 1.59. The molecule has 0 aliphatic heterocycles. The summed E-state index contributed by atoms with van der Waals surface area (Å²) in [5.74, 6) is 1.37. The minimum Gasteiger partial charge on any atom is -0.486 e. The molecule has 114 valence electrons. The number of thiazole rings is 1. The van der Waals surface area contributed by atoms with Gasteiger partial charge in [-0.1, -0.05) is 26.0 Å². The summed E-state index contributed by atoms with van der Waals surface area (Å²) < 4.78 is 11.0. The molecule has 0 fully saturated rings. The Hall–Kier alpha value is -1.43. The summed E-state index contributed by atoms with van der Waals surface area (Å²) in [6.45, 7) is 5.78. The van der Waals surface area contributed by atoms with E-state index in [2.05, 4.69) is 31.0 Å².